The monoisotopic (exact) mass is 479 g/mol. The molecule has 0 radical (unpaired) electrons. The summed E-state index contributed by atoms with van der Waals surface area (Å²) in [4.78, 5) is 13.5. The van der Waals surface area contributed by atoms with Crippen molar-refractivity contribution in [3.63, 3.8) is 0 Å². The summed E-state index contributed by atoms with van der Waals surface area (Å²) in [5.74, 6) is 0.333. The third kappa shape index (κ3) is 5.17. The predicted octanol–water partition coefficient (Wildman–Crippen LogP) is 4.49. The van der Waals surface area contributed by atoms with E-state index in [1.807, 2.05) is 31.2 Å². The predicted molar refractivity (Wildman–Crippen MR) is 122 cm³/mol. The summed E-state index contributed by atoms with van der Waals surface area (Å²) in [6, 6.07) is 6.69. The van der Waals surface area contributed by atoms with Gasteiger partial charge in [0, 0.05) is 34.7 Å². The summed E-state index contributed by atoms with van der Waals surface area (Å²) >= 11 is 0. The van der Waals surface area contributed by atoms with Gasteiger partial charge in [0.2, 0.25) is 5.88 Å². The number of nitrogens with zero attached hydrogens (tertiary/aromatic N) is 3. The molecular formula is C24H29F4N5O. The van der Waals surface area contributed by atoms with Gasteiger partial charge in [-0.2, -0.15) is 13.2 Å². The Hall–Kier alpha value is -2.72. The number of hydrogen-bond donors (Lipinski definition) is 2. The van der Waals surface area contributed by atoms with Crippen molar-refractivity contribution in [2.24, 2.45) is 0 Å². The van der Waals surface area contributed by atoms with E-state index in [9.17, 15) is 17.6 Å². The van der Waals surface area contributed by atoms with Gasteiger partial charge in [-0.3, -0.25) is 9.29 Å². The van der Waals surface area contributed by atoms with E-state index in [-0.39, 0.29) is 12.7 Å². The van der Waals surface area contributed by atoms with Crippen LogP contribution in [-0.4, -0.2) is 65.0 Å². The van der Waals surface area contributed by atoms with Crippen LogP contribution < -0.4 is 10.1 Å². The number of halogens is 4. The maximum atomic E-state index is 13.6. The Morgan fingerprint density at radius 1 is 1.21 bits per heavy atom. The van der Waals surface area contributed by atoms with Crippen LogP contribution in [0.25, 0.3) is 10.9 Å². The summed E-state index contributed by atoms with van der Waals surface area (Å²) < 4.78 is 58.9. The molecule has 1 aliphatic heterocycles. The fourth-order valence-electron chi connectivity index (χ4n) is 4.66. The van der Waals surface area contributed by atoms with Gasteiger partial charge in [-0.1, -0.05) is 18.2 Å². The first kappa shape index (κ1) is 24.4. The molecule has 1 aliphatic rings. The highest BCUT2D eigenvalue weighted by atomic mass is 19.4. The highest BCUT2D eigenvalue weighted by Gasteiger charge is 2.43. The molecule has 2 atom stereocenters. The van der Waals surface area contributed by atoms with Gasteiger partial charge in [0.05, 0.1) is 25.0 Å². The molecule has 1 aromatic carbocycles. The normalized spacial score (nSPS) is 18.9. The van der Waals surface area contributed by atoms with Crippen LogP contribution in [0.4, 0.5) is 17.6 Å². The van der Waals surface area contributed by atoms with Crippen molar-refractivity contribution < 1.29 is 22.3 Å². The third-order valence-corrected chi connectivity index (χ3v) is 6.22. The first-order chi connectivity index (χ1) is 16.3. The van der Waals surface area contributed by atoms with Gasteiger partial charge in [-0.25, -0.2) is 9.97 Å². The van der Waals surface area contributed by atoms with Gasteiger partial charge in [0.15, 0.2) is 0 Å². The Labute approximate surface area is 195 Å². The number of ether oxygens (including phenoxy) is 1. The molecule has 4 rings (SSSR count). The number of benzene rings is 1. The molecule has 3 heterocycles. The largest absolute Gasteiger partial charge is 0.476 e. The van der Waals surface area contributed by atoms with Crippen molar-refractivity contribution >= 4 is 10.9 Å². The summed E-state index contributed by atoms with van der Waals surface area (Å²) in [5, 5.41) is 4.09. The molecule has 0 saturated heterocycles. The van der Waals surface area contributed by atoms with Crippen molar-refractivity contribution in [1.29, 1.82) is 0 Å². The van der Waals surface area contributed by atoms with Crippen LogP contribution in [0.1, 0.15) is 41.9 Å². The molecule has 0 amide bonds. The Balaban J connectivity index is 1.70. The number of H-pyrrole nitrogens is 1. The van der Waals surface area contributed by atoms with Crippen LogP contribution in [0.2, 0.25) is 0 Å². The average Bonchev–Trinajstić information content (AvgIpc) is 3.15. The van der Waals surface area contributed by atoms with Gasteiger partial charge in [0.25, 0.3) is 0 Å². The fraction of sp³-hybridized carbons (Fsp3) is 0.500. The number of nitrogens with one attached hydrogen (secondary N) is 2. The van der Waals surface area contributed by atoms with E-state index in [0.29, 0.717) is 49.7 Å². The lowest BCUT2D eigenvalue weighted by molar-refractivity contribution is -0.155. The number of para-hydroxylation sites is 1. The SMILES string of the molecule is Cc1c(OCCNCCCF)ncnc1[C@@H]1c2[nH]c3ccccc3c2C[C@@H](C)N1CC(F)(F)F. The highest BCUT2D eigenvalue weighted by molar-refractivity contribution is 5.85. The second kappa shape index (κ2) is 10.3. The Kier molecular flexibility index (Phi) is 7.37. The fourth-order valence-corrected chi connectivity index (χ4v) is 4.66. The molecule has 6 nitrogen and oxygen atoms in total. The molecule has 0 fully saturated rings. The first-order valence-corrected chi connectivity index (χ1v) is 11.4. The van der Waals surface area contributed by atoms with Gasteiger partial charge < -0.3 is 15.0 Å². The molecular weight excluding hydrogens is 450 g/mol. The van der Waals surface area contributed by atoms with Crippen LogP contribution in [0.5, 0.6) is 5.88 Å². The molecule has 184 valence electrons. The molecule has 10 heteroatoms. The highest BCUT2D eigenvalue weighted by Crippen LogP contribution is 2.42. The quantitative estimate of drug-likeness (QED) is 0.350. The average molecular weight is 480 g/mol. The summed E-state index contributed by atoms with van der Waals surface area (Å²) in [6.45, 7) is 3.51. The first-order valence-electron chi connectivity index (χ1n) is 11.4. The van der Waals surface area contributed by atoms with Gasteiger partial charge in [0.1, 0.15) is 12.9 Å². The van der Waals surface area contributed by atoms with Crippen molar-refractivity contribution in [3.05, 3.63) is 53.1 Å². The summed E-state index contributed by atoms with van der Waals surface area (Å²) in [6.07, 6.45) is -2.09. The van der Waals surface area contributed by atoms with Crippen molar-refractivity contribution in [3.8, 4) is 5.88 Å². The maximum absolute atomic E-state index is 13.6. The Bertz CT molecular complexity index is 1120. The Morgan fingerprint density at radius 2 is 2.00 bits per heavy atom. The second-order valence-corrected chi connectivity index (χ2v) is 8.64. The van der Waals surface area contributed by atoms with Crippen molar-refractivity contribution in [1.82, 2.24) is 25.2 Å². The topological polar surface area (TPSA) is 66.1 Å². The molecule has 0 aliphatic carbocycles. The zero-order chi connectivity index (χ0) is 24.3. The molecule has 34 heavy (non-hydrogen) atoms. The molecule has 0 saturated carbocycles. The van der Waals surface area contributed by atoms with E-state index in [1.54, 1.807) is 6.92 Å². The van der Waals surface area contributed by atoms with Gasteiger partial charge >= 0.3 is 6.18 Å². The zero-order valence-corrected chi connectivity index (χ0v) is 19.3. The minimum Gasteiger partial charge on any atom is -0.476 e. The minimum atomic E-state index is -4.36. The number of rotatable bonds is 9. The molecule has 0 unspecified atom stereocenters. The number of aromatic amines is 1. The van der Waals surface area contributed by atoms with E-state index >= 15 is 0 Å². The smallest absolute Gasteiger partial charge is 0.401 e. The van der Waals surface area contributed by atoms with Gasteiger partial charge in [-0.15, -0.1) is 0 Å². The van der Waals surface area contributed by atoms with Crippen molar-refractivity contribution in [2.45, 2.75) is 44.9 Å². The standard InChI is InChI=1S/C24H29F4N5O/c1-15-12-18-17-6-3-4-7-19(17)32-21(18)22(33(15)13-24(26,27)28)20-16(2)23(31-14-30-20)34-11-10-29-9-5-8-25/h3-4,6-7,14-15,22,29,32H,5,8-13H2,1-2H3/t15-,22-/m1/s1. The number of hydrogen-bond acceptors (Lipinski definition) is 5. The van der Waals surface area contributed by atoms with Gasteiger partial charge in [-0.05, 0) is 44.9 Å². The van der Waals surface area contributed by atoms with E-state index in [1.165, 1.54) is 11.2 Å². The maximum Gasteiger partial charge on any atom is 0.401 e. The summed E-state index contributed by atoms with van der Waals surface area (Å²) in [7, 11) is 0. The molecule has 0 bridgehead atoms. The van der Waals surface area contributed by atoms with E-state index in [0.717, 1.165) is 22.2 Å². The van der Waals surface area contributed by atoms with E-state index < -0.39 is 18.8 Å². The van der Waals surface area contributed by atoms with E-state index in [4.69, 9.17) is 4.74 Å². The molecule has 0 spiro atoms. The summed E-state index contributed by atoms with van der Waals surface area (Å²) in [5.41, 5.74) is 3.72. The number of alkyl halides is 4. The lowest BCUT2D eigenvalue weighted by Gasteiger charge is -2.41. The third-order valence-electron chi connectivity index (χ3n) is 6.22. The Morgan fingerprint density at radius 3 is 2.76 bits per heavy atom. The molecule has 2 aromatic heterocycles. The molecule has 2 N–H and O–H groups in total. The lowest BCUT2D eigenvalue weighted by Crippen LogP contribution is -2.47. The zero-order valence-electron chi connectivity index (χ0n) is 19.3. The van der Waals surface area contributed by atoms with E-state index in [2.05, 4.69) is 20.3 Å². The number of fused-ring (bicyclic) bond motifs is 3. The van der Waals surface area contributed by atoms with Crippen LogP contribution in [-0.2, 0) is 6.42 Å². The number of aromatic nitrogens is 3. The molecule has 3 aromatic rings. The van der Waals surface area contributed by atoms with Crippen LogP contribution >= 0.6 is 0 Å². The lowest BCUT2D eigenvalue weighted by atomic mass is 9.89. The van der Waals surface area contributed by atoms with Crippen LogP contribution in [0.15, 0.2) is 30.6 Å². The van der Waals surface area contributed by atoms with Crippen LogP contribution in [0.3, 0.4) is 0 Å². The van der Waals surface area contributed by atoms with Crippen molar-refractivity contribution in [2.75, 3.05) is 32.9 Å². The van der Waals surface area contributed by atoms with Crippen LogP contribution in [0, 0.1) is 6.92 Å². The minimum absolute atomic E-state index is 0.300. The second-order valence-electron chi connectivity index (χ2n) is 8.64.